The summed E-state index contributed by atoms with van der Waals surface area (Å²) < 4.78 is 38.8. The number of aliphatic imine (C=N–C) groups is 1. The Bertz CT molecular complexity index is 660. The van der Waals surface area contributed by atoms with E-state index in [0.29, 0.717) is 17.1 Å². The quantitative estimate of drug-likeness (QED) is 0.633. The maximum absolute atomic E-state index is 12.9. The molecule has 0 aromatic heterocycles. The van der Waals surface area contributed by atoms with Gasteiger partial charge in [-0.25, -0.2) is 0 Å². The lowest BCUT2D eigenvalue weighted by molar-refractivity contribution is -0.137. The molecular weight excluding hydrogens is 253 g/mol. The number of halogens is 3. The Kier molecular flexibility index (Phi) is 2.55. The van der Waals surface area contributed by atoms with E-state index >= 15 is 0 Å². The lowest BCUT2D eigenvalue weighted by Gasteiger charge is -2.13. The molecule has 1 aliphatic heterocycles. The predicted molar refractivity (Wildman–Crippen MR) is 68.4 cm³/mol. The fraction of sp³-hybridized carbons (Fsp3) is 0.0714. The molecule has 0 atom stereocenters. The molecular formula is C14H9F3N2. The highest BCUT2D eigenvalue weighted by molar-refractivity contribution is 5.96. The maximum atomic E-state index is 12.9. The second-order valence-electron chi connectivity index (χ2n) is 4.16. The van der Waals surface area contributed by atoms with Crippen LogP contribution in [0.2, 0.25) is 0 Å². The third-order valence-corrected chi connectivity index (χ3v) is 2.92. The molecule has 19 heavy (non-hydrogen) atoms. The zero-order valence-corrected chi connectivity index (χ0v) is 9.70. The predicted octanol–water partition coefficient (Wildman–Crippen LogP) is 4.51. The van der Waals surface area contributed by atoms with Gasteiger partial charge in [-0.1, -0.05) is 18.2 Å². The summed E-state index contributed by atoms with van der Waals surface area (Å²) in [6.45, 7) is 0. The summed E-state index contributed by atoms with van der Waals surface area (Å²) in [6.07, 6.45) is -3.13. The van der Waals surface area contributed by atoms with Gasteiger partial charge in [0.15, 0.2) is 0 Å². The first-order valence-corrected chi connectivity index (χ1v) is 5.66. The number of nitrogens with one attached hydrogen (secondary N) is 1. The molecule has 0 saturated carbocycles. The fourth-order valence-electron chi connectivity index (χ4n) is 2.03. The van der Waals surface area contributed by atoms with Gasteiger partial charge in [-0.05, 0) is 24.3 Å². The summed E-state index contributed by atoms with van der Waals surface area (Å²) in [4.78, 5) is 4.11. The van der Waals surface area contributed by atoms with Crippen LogP contribution in [0.25, 0.3) is 0 Å². The normalized spacial score (nSPS) is 13.2. The van der Waals surface area contributed by atoms with Gasteiger partial charge in [-0.2, -0.15) is 13.2 Å². The lowest BCUT2D eigenvalue weighted by Crippen LogP contribution is -2.10. The molecule has 0 radical (unpaired) electrons. The number of anilines is 2. The highest BCUT2D eigenvalue weighted by Crippen LogP contribution is 2.38. The van der Waals surface area contributed by atoms with E-state index in [1.807, 2.05) is 0 Å². The molecule has 0 saturated heterocycles. The molecule has 0 aliphatic carbocycles. The second-order valence-corrected chi connectivity index (χ2v) is 4.16. The first kappa shape index (κ1) is 11.8. The first-order valence-electron chi connectivity index (χ1n) is 5.66. The van der Waals surface area contributed by atoms with Gasteiger partial charge in [0.2, 0.25) is 0 Å². The highest BCUT2D eigenvalue weighted by Gasteiger charge is 2.34. The molecule has 3 rings (SSSR count). The molecule has 2 nitrogen and oxygen atoms in total. The lowest BCUT2D eigenvalue weighted by atomic mass is 10.1. The number of para-hydroxylation sites is 2. The second kappa shape index (κ2) is 4.12. The number of hydrogen-bond donors (Lipinski definition) is 1. The minimum absolute atomic E-state index is 0.0613. The topological polar surface area (TPSA) is 24.4 Å². The van der Waals surface area contributed by atoms with E-state index < -0.39 is 11.7 Å². The number of rotatable bonds is 0. The van der Waals surface area contributed by atoms with Crippen LogP contribution in [0, 0.1) is 0 Å². The molecule has 2 aromatic carbocycles. The zero-order chi connectivity index (χ0) is 13.5. The van der Waals surface area contributed by atoms with E-state index in [0.717, 1.165) is 6.07 Å². The maximum Gasteiger partial charge on any atom is 0.417 e. The van der Waals surface area contributed by atoms with Gasteiger partial charge in [-0.3, -0.25) is 4.99 Å². The first-order chi connectivity index (χ1) is 9.05. The molecule has 0 bridgehead atoms. The third-order valence-electron chi connectivity index (χ3n) is 2.92. The van der Waals surface area contributed by atoms with Crippen molar-refractivity contribution in [1.29, 1.82) is 0 Å². The van der Waals surface area contributed by atoms with E-state index in [9.17, 15) is 13.2 Å². The van der Waals surface area contributed by atoms with Crippen LogP contribution in [-0.2, 0) is 6.18 Å². The summed E-state index contributed by atoms with van der Waals surface area (Å²) in [7, 11) is 0. The van der Waals surface area contributed by atoms with Gasteiger partial charge in [0.1, 0.15) is 0 Å². The largest absolute Gasteiger partial charge is 0.417 e. The summed E-state index contributed by atoms with van der Waals surface area (Å²) in [5.41, 5.74) is 1.09. The fourth-order valence-corrected chi connectivity index (χ4v) is 2.03. The molecule has 5 heteroatoms. The monoisotopic (exact) mass is 262 g/mol. The Morgan fingerprint density at radius 1 is 0.895 bits per heavy atom. The molecule has 0 amide bonds. The van der Waals surface area contributed by atoms with E-state index in [1.165, 1.54) is 12.3 Å². The van der Waals surface area contributed by atoms with Gasteiger partial charge in [0, 0.05) is 17.5 Å². The number of fused-ring (bicyclic) bond motifs is 2. The van der Waals surface area contributed by atoms with Crippen molar-refractivity contribution in [3.63, 3.8) is 0 Å². The van der Waals surface area contributed by atoms with Crippen molar-refractivity contribution in [2.45, 2.75) is 6.18 Å². The summed E-state index contributed by atoms with van der Waals surface area (Å²) >= 11 is 0. The number of nitrogens with zero attached hydrogens (tertiary/aromatic N) is 1. The van der Waals surface area contributed by atoms with Gasteiger partial charge in [0.25, 0.3) is 0 Å². The van der Waals surface area contributed by atoms with Crippen LogP contribution in [0.4, 0.5) is 30.2 Å². The van der Waals surface area contributed by atoms with Gasteiger partial charge < -0.3 is 5.32 Å². The average molecular weight is 262 g/mol. The van der Waals surface area contributed by atoms with E-state index in [4.69, 9.17) is 0 Å². The summed E-state index contributed by atoms with van der Waals surface area (Å²) in [5, 5.41) is 2.99. The third kappa shape index (κ3) is 2.07. The molecule has 1 heterocycles. The number of alkyl halides is 3. The molecule has 1 aliphatic rings. The number of benzene rings is 2. The van der Waals surface area contributed by atoms with Gasteiger partial charge in [-0.15, -0.1) is 0 Å². The Balaban J connectivity index is 2.19. The molecule has 0 spiro atoms. The minimum atomic E-state index is -4.39. The van der Waals surface area contributed by atoms with Crippen LogP contribution in [0.5, 0.6) is 0 Å². The van der Waals surface area contributed by atoms with Crippen molar-refractivity contribution >= 4 is 23.3 Å². The van der Waals surface area contributed by atoms with Crippen LogP contribution < -0.4 is 5.32 Å². The Morgan fingerprint density at radius 2 is 1.63 bits per heavy atom. The SMILES string of the molecule is FC(F)(F)c1cccc2c1C=Nc1ccccc1N2. The van der Waals surface area contributed by atoms with E-state index in [1.54, 1.807) is 30.3 Å². The zero-order valence-electron chi connectivity index (χ0n) is 9.70. The van der Waals surface area contributed by atoms with Crippen LogP contribution in [0.15, 0.2) is 47.5 Å². The van der Waals surface area contributed by atoms with Crippen molar-refractivity contribution in [2.75, 3.05) is 5.32 Å². The standard InChI is InChI=1S/C14H9F3N2/c15-14(16,17)10-4-3-7-11-9(10)8-18-12-5-1-2-6-13(12)19-11/h1-8,19H. The summed E-state index contributed by atoms with van der Waals surface area (Å²) in [5.74, 6) is 0. The Morgan fingerprint density at radius 3 is 2.42 bits per heavy atom. The smallest absolute Gasteiger partial charge is 0.353 e. The molecule has 2 aromatic rings. The van der Waals surface area contributed by atoms with Crippen LogP contribution >= 0.6 is 0 Å². The van der Waals surface area contributed by atoms with Crippen LogP contribution in [0.1, 0.15) is 11.1 Å². The van der Waals surface area contributed by atoms with Gasteiger partial charge in [0.05, 0.1) is 16.9 Å². The van der Waals surface area contributed by atoms with Crippen LogP contribution in [0.3, 0.4) is 0 Å². The highest BCUT2D eigenvalue weighted by atomic mass is 19.4. The Hall–Kier alpha value is -2.30. The molecule has 0 unspecified atom stereocenters. The van der Waals surface area contributed by atoms with Crippen molar-refractivity contribution in [3.8, 4) is 0 Å². The van der Waals surface area contributed by atoms with Crippen molar-refractivity contribution in [3.05, 3.63) is 53.6 Å². The molecule has 96 valence electrons. The molecule has 1 N–H and O–H groups in total. The van der Waals surface area contributed by atoms with Crippen molar-refractivity contribution in [2.24, 2.45) is 4.99 Å². The minimum Gasteiger partial charge on any atom is -0.353 e. The molecule has 0 fully saturated rings. The number of hydrogen-bond acceptors (Lipinski definition) is 2. The van der Waals surface area contributed by atoms with Crippen molar-refractivity contribution in [1.82, 2.24) is 0 Å². The Labute approximate surface area is 107 Å². The average Bonchev–Trinajstić information content (AvgIpc) is 2.55. The van der Waals surface area contributed by atoms with E-state index in [2.05, 4.69) is 10.3 Å². The summed E-state index contributed by atoms with van der Waals surface area (Å²) in [6, 6.07) is 11.2. The van der Waals surface area contributed by atoms with E-state index in [-0.39, 0.29) is 5.56 Å². The van der Waals surface area contributed by atoms with Crippen LogP contribution in [-0.4, -0.2) is 6.21 Å². The van der Waals surface area contributed by atoms with Gasteiger partial charge >= 0.3 is 6.18 Å². The van der Waals surface area contributed by atoms with Crippen molar-refractivity contribution < 1.29 is 13.2 Å².